The molecule has 0 aliphatic carbocycles. The molecule has 2 N–H and O–H groups in total. The third-order valence-electron chi connectivity index (χ3n) is 4.53. The Kier molecular flexibility index (Phi) is 4.00. The molecule has 24 heavy (non-hydrogen) atoms. The van der Waals surface area contributed by atoms with Crippen LogP contribution in [0.5, 0.6) is 0 Å². The van der Waals surface area contributed by atoms with Gasteiger partial charge in [0.1, 0.15) is 5.82 Å². The van der Waals surface area contributed by atoms with Crippen molar-refractivity contribution < 1.29 is 0 Å². The molecular weight excluding hydrogens is 304 g/mol. The summed E-state index contributed by atoms with van der Waals surface area (Å²) in [6.07, 6.45) is 5.70. The Morgan fingerprint density at radius 1 is 1.25 bits per heavy atom. The number of hydrogen-bond donors (Lipinski definition) is 2. The molecule has 7 nitrogen and oxygen atoms in total. The van der Waals surface area contributed by atoms with Gasteiger partial charge in [-0.15, -0.1) is 0 Å². The molecule has 1 aromatic carbocycles. The summed E-state index contributed by atoms with van der Waals surface area (Å²) in [5.41, 5.74) is 1.79. The summed E-state index contributed by atoms with van der Waals surface area (Å²) < 4.78 is 1.70. The highest BCUT2D eigenvalue weighted by molar-refractivity contribution is 5.32. The molecule has 1 aliphatic rings. The molecule has 2 aromatic heterocycles. The van der Waals surface area contributed by atoms with Gasteiger partial charge in [-0.2, -0.15) is 5.10 Å². The maximum absolute atomic E-state index is 12.2. The third kappa shape index (κ3) is 2.90. The predicted octanol–water partition coefficient (Wildman–Crippen LogP) is 1.66. The summed E-state index contributed by atoms with van der Waals surface area (Å²) in [5, 5.41) is 6.94. The van der Waals surface area contributed by atoms with Gasteiger partial charge in [0.2, 0.25) is 0 Å². The molecule has 0 radical (unpaired) electrons. The first-order valence-electron chi connectivity index (χ1n) is 8.23. The van der Waals surface area contributed by atoms with Gasteiger partial charge in [-0.25, -0.2) is 19.4 Å². The van der Waals surface area contributed by atoms with Crippen molar-refractivity contribution in [3.8, 4) is 5.69 Å². The Hall–Kier alpha value is -2.67. The van der Waals surface area contributed by atoms with Crippen molar-refractivity contribution in [1.29, 1.82) is 0 Å². The van der Waals surface area contributed by atoms with Gasteiger partial charge in [0.25, 0.3) is 0 Å². The van der Waals surface area contributed by atoms with Gasteiger partial charge in [-0.05, 0) is 31.5 Å². The number of rotatable bonds is 4. The minimum atomic E-state index is -0.179. The zero-order chi connectivity index (χ0) is 16.4. The lowest BCUT2D eigenvalue weighted by Gasteiger charge is -2.31. The standard InChI is InChI=1S/C17H20N6O/c24-17-21-20-16(23(17)15-6-2-1-3-7-15)13-5-4-8-22(10-13)11-14-9-18-12-19-14/h1-3,6-7,9,12-13H,4-5,8,10-11H2,(H,18,19)(H,21,24). The number of hydrogen-bond acceptors (Lipinski definition) is 4. The fourth-order valence-electron chi connectivity index (χ4n) is 3.43. The molecule has 3 aromatic rings. The van der Waals surface area contributed by atoms with E-state index in [-0.39, 0.29) is 11.6 Å². The van der Waals surface area contributed by atoms with Gasteiger partial charge >= 0.3 is 5.69 Å². The number of para-hydroxylation sites is 1. The third-order valence-corrected chi connectivity index (χ3v) is 4.53. The molecule has 1 fully saturated rings. The number of H-pyrrole nitrogens is 2. The van der Waals surface area contributed by atoms with Crippen LogP contribution in [0.3, 0.4) is 0 Å². The largest absolute Gasteiger partial charge is 0.347 e. The van der Waals surface area contributed by atoms with Crippen LogP contribution in [0.25, 0.3) is 5.69 Å². The fourth-order valence-corrected chi connectivity index (χ4v) is 3.43. The summed E-state index contributed by atoms with van der Waals surface area (Å²) in [6.45, 7) is 2.78. The molecule has 124 valence electrons. The maximum Gasteiger partial charge on any atom is 0.347 e. The van der Waals surface area contributed by atoms with Crippen molar-refractivity contribution in [2.24, 2.45) is 0 Å². The van der Waals surface area contributed by atoms with Crippen molar-refractivity contribution in [3.63, 3.8) is 0 Å². The van der Waals surface area contributed by atoms with E-state index in [1.165, 1.54) is 0 Å². The minimum Gasteiger partial charge on any atom is -0.347 e. The number of likely N-dealkylation sites (tertiary alicyclic amines) is 1. The van der Waals surface area contributed by atoms with E-state index in [1.54, 1.807) is 10.9 Å². The van der Waals surface area contributed by atoms with Gasteiger partial charge < -0.3 is 4.98 Å². The average molecular weight is 324 g/mol. The van der Waals surface area contributed by atoms with Crippen LogP contribution in [0.1, 0.15) is 30.3 Å². The van der Waals surface area contributed by atoms with Crippen molar-refractivity contribution in [1.82, 2.24) is 29.6 Å². The van der Waals surface area contributed by atoms with E-state index in [4.69, 9.17) is 0 Å². The summed E-state index contributed by atoms with van der Waals surface area (Å²) in [5.74, 6) is 1.06. The fraction of sp³-hybridized carbons (Fsp3) is 0.353. The van der Waals surface area contributed by atoms with Crippen LogP contribution in [0.15, 0.2) is 47.7 Å². The van der Waals surface area contributed by atoms with E-state index in [0.29, 0.717) is 0 Å². The molecule has 7 heteroatoms. The lowest BCUT2D eigenvalue weighted by atomic mass is 9.97. The van der Waals surface area contributed by atoms with Gasteiger partial charge in [-0.1, -0.05) is 18.2 Å². The van der Waals surface area contributed by atoms with Crippen molar-refractivity contribution in [2.75, 3.05) is 13.1 Å². The van der Waals surface area contributed by atoms with Crippen LogP contribution < -0.4 is 5.69 Å². The SMILES string of the molecule is O=c1[nH]nc(C2CCCN(Cc3cnc[nH]3)C2)n1-c1ccccc1. The van der Waals surface area contributed by atoms with Gasteiger partial charge in [-0.3, -0.25) is 4.90 Å². The number of benzene rings is 1. The number of nitrogens with one attached hydrogen (secondary N) is 2. The van der Waals surface area contributed by atoms with Crippen LogP contribution in [-0.2, 0) is 6.54 Å². The van der Waals surface area contributed by atoms with Crippen molar-refractivity contribution in [2.45, 2.75) is 25.3 Å². The first-order chi connectivity index (χ1) is 11.8. The van der Waals surface area contributed by atoms with Gasteiger partial charge in [0.05, 0.1) is 12.0 Å². The van der Waals surface area contributed by atoms with E-state index in [0.717, 1.165) is 49.7 Å². The normalized spacial score (nSPS) is 18.8. The molecule has 0 bridgehead atoms. The predicted molar refractivity (Wildman–Crippen MR) is 90.0 cm³/mol. The second kappa shape index (κ2) is 6.45. The van der Waals surface area contributed by atoms with E-state index >= 15 is 0 Å². The lowest BCUT2D eigenvalue weighted by molar-refractivity contribution is 0.194. The van der Waals surface area contributed by atoms with Gasteiger partial charge in [0.15, 0.2) is 0 Å². The summed E-state index contributed by atoms with van der Waals surface area (Å²) in [6, 6.07) is 9.69. The second-order valence-corrected chi connectivity index (χ2v) is 6.21. The van der Waals surface area contributed by atoms with E-state index in [2.05, 4.69) is 25.1 Å². The summed E-state index contributed by atoms with van der Waals surface area (Å²) in [7, 11) is 0. The number of nitrogens with zero attached hydrogens (tertiary/aromatic N) is 4. The molecule has 0 amide bonds. The second-order valence-electron chi connectivity index (χ2n) is 6.21. The minimum absolute atomic E-state index is 0.179. The zero-order valence-corrected chi connectivity index (χ0v) is 13.4. The first kappa shape index (κ1) is 14.9. The number of piperidine rings is 1. The molecule has 1 saturated heterocycles. The Morgan fingerprint density at radius 3 is 2.92 bits per heavy atom. The van der Waals surface area contributed by atoms with E-state index in [9.17, 15) is 4.79 Å². The Labute approximate surface area is 139 Å². The molecule has 0 spiro atoms. The number of aromatic amines is 2. The molecule has 1 aliphatic heterocycles. The molecule has 3 heterocycles. The van der Waals surface area contributed by atoms with E-state index < -0.39 is 0 Å². The first-order valence-corrected chi connectivity index (χ1v) is 8.23. The van der Waals surface area contributed by atoms with Gasteiger partial charge in [0, 0.05) is 30.9 Å². The lowest BCUT2D eigenvalue weighted by Crippen LogP contribution is -2.35. The quantitative estimate of drug-likeness (QED) is 0.765. The average Bonchev–Trinajstić information content (AvgIpc) is 3.25. The van der Waals surface area contributed by atoms with Crippen LogP contribution in [-0.4, -0.2) is 42.7 Å². The summed E-state index contributed by atoms with van der Waals surface area (Å²) >= 11 is 0. The highest BCUT2D eigenvalue weighted by atomic mass is 16.1. The Balaban J connectivity index is 1.59. The smallest absolute Gasteiger partial charge is 0.347 e. The molecular formula is C17H20N6O. The van der Waals surface area contributed by atoms with Crippen molar-refractivity contribution in [3.05, 3.63) is 64.9 Å². The molecule has 1 unspecified atom stereocenters. The van der Waals surface area contributed by atoms with Crippen molar-refractivity contribution >= 4 is 0 Å². The molecule has 4 rings (SSSR count). The molecule has 1 atom stereocenters. The van der Waals surface area contributed by atoms with Crippen LogP contribution in [0.2, 0.25) is 0 Å². The highest BCUT2D eigenvalue weighted by Crippen LogP contribution is 2.26. The Morgan fingerprint density at radius 2 is 2.12 bits per heavy atom. The van der Waals surface area contributed by atoms with Crippen LogP contribution in [0, 0.1) is 0 Å². The van der Waals surface area contributed by atoms with E-state index in [1.807, 2.05) is 36.5 Å². The highest BCUT2D eigenvalue weighted by Gasteiger charge is 2.26. The monoisotopic (exact) mass is 324 g/mol. The number of aromatic nitrogens is 5. The Bertz CT molecular complexity index is 836. The number of imidazole rings is 1. The zero-order valence-electron chi connectivity index (χ0n) is 13.4. The molecule has 0 saturated carbocycles. The topological polar surface area (TPSA) is 82.6 Å². The van der Waals surface area contributed by atoms with Crippen LogP contribution in [0.4, 0.5) is 0 Å². The van der Waals surface area contributed by atoms with Crippen LogP contribution >= 0.6 is 0 Å². The maximum atomic E-state index is 12.2. The summed E-state index contributed by atoms with van der Waals surface area (Å²) in [4.78, 5) is 21.9.